The first-order chi connectivity index (χ1) is 12.5. The van der Waals surface area contributed by atoms with E-state index in [4.69, 9.17) is 34.8 Å². The maximum Gasteiger partial charge on any atom is 0.321 e. The van der Waals surface area contributed by atoms with Crippen molar-refractivity contribution in [2.45, 2.75) is 13.3 Å². The molecule has 0 spiro atoms. The second-order valence-corrected chi connectivity index (χ2v) is 7.33. The molecule has 0 saturated carbocycles. The van der Waals surface area contributed by atoms with E-state index in [2.05, 4.69) is 15.2 Å². The predicted molar refractivity (Wildman–Crippen MR) is 108 cm³/mol. The van der Waals surface area contributed by atoms with Gasteiger partial charge in [0, 0.05) is 43.1 Å². The molecule has 5 nitrogen and oxygen atoms in total. The highest BCUT2D eigenvalue weighted by Crippen LogP contribution is 2.32. The maximum atomic E-state index is 12.6. The summed E-state index contributed by atoms with van der Waals surface area (Å²) in [7, 11) is 0. The molecule has 0 radical (unpaired) electrons. The molecule has 1 fully saturated rings. The van der Waals surface area contributed by atoms with E-state index in [-0.39, 0.29) is 6.03 Å². The molecule has 1 aliphatic rings. The van der Waals surface area contributed by atoms with Gasteiger partial charge < -0.3 is 15.1 Å². The highest BCUT2D eigenvalue weighted by Gasteiger charge is 2.22. The molecule has 0 aliphatic carbocycles. The van der Waals surface area contributed by atoms with Crippen molar-refractivity contribution < 1.29 is 4.79 Å². The molecule has 0 unspecified atom stereocenters. The smallest absolute Gasteiger partial charge is 0.321 e. The summed E-state index contributed by atoms with van der Waals surface area (Å²) in [5.41, 5.74) is 2.38. The molecule has 2 amide bonds. The van der Waals surface area contributed by atoms with Gasteiger partial charge in [-0.25, -0.2) is 9.78 Å². The summed E-state index contributed by atoms with van der Waals surface area (Å²) in [5.74, 6) is 0. The molecular weight excluding hydrogens is 395 g/mol. The lowest BCUT2D eigenvalue weighted by Gasteiger charge is -2.25. The number of aryl methyl sites for hydroxylation is 1. The van der Waals surface area contributed by atoms with Crippen LogP contribution in [0.25, 0.3) is 0 Å². The SMILES string of the molecule is Cc1ccc(NC(=O)N2CCCN(c3c(Cl)ccnc3Cl)CC2)cc1Cl. The minimum atomic E-state index is -0.143. The lowest BCUT2D eigenvalue weighted by atomic mass is 10.2. The Morgan fingerprint density at radius 3 is 2.62 bits per heavy atom. The van der Waals surface area contributed by atoms with E-state index >= 15 is 0 Å². The van der Waals surface area contributed by atoms with Crippen molar-refractivity contribution in [2.75, 3.05) is 36.4 Å². The molecule has 0 atom stereocenters. The molecule has 2 aromatic rings. The van der Waals surface area contributed by atoms with Crippen LogP contribution in [0.1, 0.15) is 12.0 Å². The Morgan fingerprint density at radius 2 is 1.88 bits per heavy atom. The maximum absolute atomic E-state index is 12.6. The number of pyridine rings is 1. The molecule has 26 heavy (non-hydrogen) atoms. The summed E-state index contributed by atoms with van der Waals surface area (Å²) in [6, 6.07) is 7.07. The first-order valence-electron chi connectivity index (χ1n) is 8.33. The van der Waals surface area contributed by atoms with Crippen molar-refractivity contribution in [3.05, 3.63) is 51.2 Å². The zero-order chi connectivity index (χ0) is 18.7. The number of anilines is 2. The van der Waals surface area contributed by atoms with Crippen molar-refractivity contribution in [2.24, 2.45) is 0 Å². The highest BCUT2D eigenvalue weighted by molar-refractivity contribution is 6.38. The van der Waals surface area contributed by atoms with E-state index in [1.807, 2.05) is 19.1 Å². The molecule has 1 saturated heterocycles. The van der Waals surface area contributed by atoms with Crippen LogP contribution in [0.3, 0.4) is 0 Å². The molecule has 1 N–H and O–H groups in total. The van der Waals surface area contributed by atoms with Crippen LogP contribution in [-0.4, -0.2) is 42.1 Å². The van der Waals surface area contributed by atoms with Gasteiger partial charge in [0.1, 0.15) is 0 Å². The lowest BCUT2D eigenvalue weighted by Crippen LogP contribution is -2.38. The molecule has 1 aromatic heterocycles. The van der Waals surface area contributed by atoms with E-state index in [0.29, 0.717) is 40.5 Å². The number of rotatable bonds is 2. The zero-order valence-electron chi connectivity index (χ0n) is 14.3. The Morgan fingerprint density at radius 1 is 1.08 bits per heavy atom. The number of nitrogens with zero attached hydrogens (tertiary/aromatic N) is 3. The van der Waals surface area contributed by atoms with Gasteiger partial charge in [-0.15, -0.1) is 0 Å². The van der Waals surface area contributed by atoms with Crippen LogP contribution in [0.4, 0.5) is 16.2 Å². The fourth-order valence-corrected chi connectivity index (χ4v) is 3.68. The van der Waals surface area contributed by atoms with Gasteiger partial charge >= 0.3 is 6.03 Å². The second-order valence-electron chi connectivity index (χ2n) is 6.15. The molecule has 8 heteroatoms. The van der Waals surface area contributed by atoms with Gasteiger partial charge in [-0.2, -0.15) is 0 Å². The number of benzene rings is 1. The fourth-order valence-electron chi connectivity index (χ4n) is 2.91. The quantitative estimate of drug-likeness (QED) is 0.697. The first-order valence-corrected chi connectivity index (χ1v) is 9.46. The van der Waals surface area contributed by atoms with Crippen LogP contribution >= 0.6 is 34.8 Å². The topological polar surface area (TPSA) is 48.5 Å². The van der Waals surface area contributed by atoms with E-state index in [9.17, 15) is 4.79 Å². The standard InChI is InChI=1S/C18H19Cl3N4O/c1-12-3-4-13(11-15(12)20)23-18(26)25-8-2-7-24(9-10-25)16-14(19)5-6-22-17(16)21/h3-6,11H,2,7-10H2,1H3,(H,23,26). The summed E-state index contributed by atoms with van der Waals surface area (Å²) in [4.78, 5) is 20.5. The summed E-state index contributed by atoms with van der Waals surface area (Å²) < 4.78 is 0. The van der Waals surface area contributed by atoms with Crippen molar-refractivity contribution >= 4 is 52.2 Å². The van der Waals surface area contributed by atoms with Crippen molar-refractivity contribution in [1.29, 1.82) is 0 Å². The summed E-state index contributed by atoms with van der Waals surface area (Å²) in [5, 5.41) is 4.48. The Hall–Kier alpha value is -1.69. The number of aromatic nitrogens is 1. The van der Waals surface area contributed by atoms with Gasteiger partial charge in [0.05, 0.1) is 10.7 Å². The summed E-state index contributed by atoms with van der Waals surface area (Å²) >= 11 is 18.6. The monoisotopic (exact) mass is 412 g/mol. The Balaban J connectivity index is 1.66. The van der Waals surface area contributed by atoms with Crippen LogP contribution in [0, 0.1) is 6.92 Å². The average Bonchev–Trinajstić information content (AvgIpc) is 2.84. The van der Waals surface area contributed by atoms with Crippen molar-refractivity contribution in [1.82, 2.24) is 9.88 Å². The van der Waals surface area contributed by atoms with Crippen LogP contribution in [-0.2, 0) is 0 Å². The molecule has 2 heterocycles. The van der Waals surface area contributed by atoms with Crippen LogP contribution in [0.15, 0.2) is 30.5 Å². The second kappa shape index (κ2) is 8.33. The van der Waals surface area contributed by atoms with Crippen molar-refractivity contribution in [3.8, 4) is 0 Å². The van der Waals surface area contributed by atoms with Gasteiger partial charge in [0.2, 0.25) is 0 Å². The van der Waals surface area contributed by atoms with E-state index < -0.39 is 0 Å². The van der Waals surface area contributed by atoms with E-state index in [1.54, 1.807) is 23.2 Å². The molecule has 0 bridgehead atoms. The van der Waals surface area contributed by atoms with Crippen LogP contribution in [0.2, 0.25) is 15.2 Å². The first kappa shape index (κ1) is 19.1. The number of carbonyl (C=O) groups is 1. The molecule has 3 rings (SSSR count). The summed E-state index contributed by atoms with van der Waals surface area (Å²) in [6.07, 6.45) is 2.39. The third-order valence-electron chi connectivity index (χ3n) is 4.35. The Bertz CT molecular complexity index is 795. The third kappa shape index (κ3) is 4.34. The highest BCUT2D eigenvalue weighted by atomic mass is 35.5. The van der Waals surface area contributed by atoms with Crippen molar-refractivity contribution in [3.63, 3.8) is 0 Å². The van der Waals surface area contributed by atoms with E-state index in [1.165, 1.54) is 0 Å². The van der Waals surface area contributed by atoms with Crippen LogP contribution in [0.5, 0.6) is 0 Å². The van der Waals surface area contributed by atoms with Gasteiger partial charge in [-0.05, 0) is 37.1 Å². The number of hydrogen-bond acceptors (Lipinski definition) is 3. The number of halogens is 3. The fraction of sp³-hybridized carbons (Fsp3) is 0.333. The van der Waals surface area contributed by atoms with Crippen LogP contribution < -0.4 is 10.2 Å². The minimum absolute atomic E-state index is 0.143. The van der Waals surface area contributed by atoms with Gasteiger partial charge in [-0.3, -0.25) is 0 Å². The molecule has 1 aromatic carbocycles. The Kier molecular flexibility index (Phi) is 6.12. The average molecular weight is 414 g/mol. The number of nitrogens with one attached hydrogen (secondary N) is 1. The molecular formula is C18H19Cl3N4O. The summed E-state index contributed by atoms with van der Waals surface area (Å²) in [6.45, 7) is 4.52. The zero-order valence-corrected chi connectivity index (χ0v) is 16.6. The molecule has 1 aliphatic heterocycles. The number of urea groups is 1. The Labute approximate surface area is 167 Å². The third-order valence-corrected chi connectivity index (χ3v) is 5.34. The number of amides is 2. The molecule has 138 valence electrons. The number of carbonyl (C=O) groups excluding carboxylic acids is 1. The number of hydrogen-bond donors (Lipinski definition) is 1. The lowest BCUT2D eigenvalue weighted by molar-refractivity contribution is 0.215. The van der Waals surface area contributed by atoms with E-state index in [0.717, 1.165) is 24.2 Å². The predicted octanol–water partition coefficient (Wildman–Crippen LogP) is 5.09. The van der Waals surface area contributed by atoms with Gasteiger partial charge in [0.25, 0.3) is 0 Å². The van der Waals surface area contributed by atoms with Gasteiger partial charge in [0.15, 0.2) is 5.15 Å². The van der Waals surface area contributed by atoms with Gasteiger partial charge in [-0.1, -0.05) is 40.9 Å². The largest absolute Gasteiger partial charge is 0.366 e. The normalized spacial score (nSPS) is 14.9. The minimum Gasteiger partial charge on any atom is -0.366 e.